The Morgan fingerprint density at radius 3 is 2.88 bits per heavy atom. The number of carbonyl (C=O) groups is 1. The van der Waals surface area contributed by atoms with Crippen LogP contribution in [0.5, 0.6) is 5.75 Å². The molecule has 1 aliphatic heterocycles. The second-order valence-corrected chi connectivity index (χ2v) is 6.65. The van der Waals surface area contributed by atoms with Gasteiger partial charge in [0.25, 0.3) is 5.91 Å². The van der Waals surface area contributed by atoms with Crippen molar-refractivity contribution in [2.45, 2.75) is 37.8 Å². The average molecular weight is 341 g/mol. The summed E-state index contributed by atoms with van der Waals surface area (Å²) < 4.78 is 11.1. The maximum Gasteiger partial charge on any atom is 0.258 e. The molecule has 0 bridgehead atoms. The zero-order valence-electron chi connectivity index (χ0n) is 14.4. The summed E-state index contributed by atoms with van der Waals surface area (Å²) in [5, 5.41) is 7.11. The number of fused-ring (bicyclic) bond motifs is 1. The third kappa shape index (κ3) is 3.02. The van der Waals surface area contributed by atoms with E-state index in [4.69, 9.17) is 9.47 Å². The first kappa shape index (κ1) is 16.1. The Kier molecular flexibility index (Phi) is 4.44. The number of benzene rings is 1. The van der Waals surface area contributed by atoms with Crippen LogP contribution in [0.25, 0.3) is 11.3 Å². The summed E-state index contributed by atoms with van der Waals surface area (Å²) in [6, 6.07) is 7.83. The largest absolute Gasteiger partial charge is 0.497 e. The summed E-state index contributed by atoms with van der Waals surface area (Å²) in [4.78, 5) is 15.2. The van der Waals surface area contributed by atoms with Gasteiger partial charge in [-0.05, 0) is 37.1 Å². The summed E-state index contributed by atoms with van der Waals surface area (Å²) in [7, 11) is 1.64. The third-order valence-electron chi connectivity index (χ3n) is 5.24. The first-order chi connectivity index (χ1) is 12.3. The highest BCUT2D eigenvalue weighted by Crippen LogP contribution is 2.31. The van der Waals surface area contributed by atoms with Crippen LogP contribution in [0.1, 0.15) is 36.0 Å². The van der Waals surface area contributed by atoms with Crippen LogP contribution in [0.15, 0.2) is 30.5 Å². The lowest BCUT2D eigenvalue weighted by Crippen LogP contribution is -2.54. The van der Waals surface area contributed by atoms with E-state index in [1.54, 1.807) is 13.3 Å². The van der Waals surface area contributed by atoms with Gasteiger partial charge in [-0.25, -0.2) is 0 Å². The van der Waals surface area contributed by atoms with Crippen LogP contribution in [-0.4, -0.2) is 53.4 Å². The van der Waals surface area contributed by atoms with E-state index in [0.29, 0.717) is 18.7 Å². The lowest BCUT2D eigenvalue weighted by Gasteiger charge is -2.43. The van der Waals surface area contributed by atoms with Crippen LogP contribution in [0, 0.1) is 0 Å². The maximum atomic E-state index is 13.2. The van der Waals surface area contributed by atoms with Crippen LogP contribution in [0.2, 0.25) is 0 Å². The second kappa shape index (κ2) is 6.88. The number of aromatic amines is 1. The van der Waals surface area contributed by atoms with Crippen LogP contribution >= 0.6 is 0 Å². The Morgan fingerprint density at radius 1 is 1.28 bits per heavy atom. The van der Waals surface area contributed by atoms with Crippen LogP contribution in [-0.2, 0) is 4.74 Å². The Bertz CT molecular complexity index is 739. The number of aromatic nitrogens is 2. The summed E-state index contributed by atoms with van der Waals surface area (Å²) in [6.07, 6.45) is 6.23. The van der Waals surface area contributed by atoms with Gasteiger partial charge in [-0.2, -0.15) is 5.10 Å². The highest BCUT2D eigenvalue weighted by Gasteiger charge is 2.37. The van der Waals surface area contributed by atoms with E-state index >= 15 is 0 Å². The summed E-state index contributed by atoms with van der Waals surface area (Å²) >= 11 is 0. The van der Waals surface area contributed by atoms with Gasteiger partial charge in [0.05, 0.1) is 43.3 Å². The first-order valence-corrected chi connectivity index (χ1v) is 8.88. The van der Waals surface area contributed by atoms with Crippen molar-refractivity contribution in [3.63, 3.8) is 0 Å². The van der Waals surface area contributed by atoms with Gasteiger partial charge in [-0.1, -0.05) is 12.8 Å². The zero-order chi connectivity index (χ0) is 17.2. The number of nitrogens with zero attached hydrogens (tertiary/aromatic N) is 2. The molecule has 2 aliphatic rings. The SMILES string of the molecule is COc1ccc(-c2[nH]ncc2C(=O)N2CCO[C@@H]3CCCC[C@H]32)cc1. The normalized spacial score (nSPS) is 23.2. The molecule has 2 atom stereocenters. The minimum atomic E-state index is 0.0415. The molecule has 1 N–H and O–H groups in total. The molecule has 0 unspecified atom stereocenters. The topological polar surface area (TPSA) is 67.5 Å². The van der Waals surface area contributed by atoms with Gasteiger partial charge < -0.3 is 14.4 Å². The van der Waals surface area contributed by atoms with Crippen molar-refractivity contribution in [3.8, 4) is 17.0 Å². The average Bonchev–Trinajstić information content (AvgIpc) is 3.17. The van der Waals surface area contributed by atoms with Crippen molar-refractivity contribution in [1.29, 1.82) is 0 Å². The van der Waals surface area contributed by atoms with Gasteiger partial charge in [-0.3, -0.25) is 9.89 Å². The van der Waals surface area contributed by atoms with Gasteiger partial charge in [0.15, 0.2) is 0 Å². The number of methoxy groups -OCH3 is 1. The number of amides is 1. The van der Waals surface area contributed by atoms with Crippen molar-refractivity contribution in [2.24, 2.45) is 0 Å². The van der Waals surface area contributed by atoms with Gasteiger partial charge >= 0.3 is 0 Å². The molecule has 2 aromatic rings. The number of nitrogens with one attached hydrogen (secondary N) is 1. The van der Waals surface area contributed by atoms with Crippen molar-refractivity contribution in [2.75, 3.05) is 20.3 Å². The minimum Gasteiger partial charge on any atom is -0.497 e. The molecule has 0 spiro atoms. The molecule has 1 amide bonds. The highest BCUT2D eigenvalue weighted by molar-refractivity contribution is 6.00. The molecule has 1 saturated heterocycles. The van der Waals surface area contributed by atoms with E-state index in [0.717, 1.165) is 36.3 Å². The summed E-state index contributed by atoms with van der Waals surface area (Å²) in [6.45, 7) is 1.26. The fourth-order valence-corrected chi connectivity index (χ4v) is 3.93. The maximum absolute atomic E-state index is 13.2. The summed E-state index contributed by atoms with van der Waals surface area (Å²) in [5.41, 5.74) is 2.30. The Labute approximate surface area is 147 Å². The van der Waals surface area contributed by atoms with E-state index in [1.165, 1.54) is 6.42 Å². The van der Waals surface area contributed by atoms with Crippen LogP contribution < -0.4 is 4.74 Å². The number of hydrogen-bond donors (Lipinski definition) is 1. The van der Waals surface area contributed by atoms with Gasteiger partial charge in [-0.15, -0.1) is 0 Å². The smallest absolute Gasteiger partial charge is 0.258 e. The predicted octanol–water partition coefficient (Wildman–Crippen LogP) is 2.87. The molecule has 6 heteroatoms. The minimum absolute atomic E-state index is 0.0415. The Morgan fingerprint density at radius 2 is 2.08 bits per heavy atom. The van der Waals surface area contributed by atoms with Crippen molar-refractivity contribution < 1.29 is 14.3 Å². The third-order valence-corrected chi connectivity index (χ3v) is 5.24. The second-order valence-electron chi connectivity index (χ2n) is 6.65. The number of morpholine rings is 1. The molecule has 1 aromatic carbocycles. The Balaban J connectivity index is 1.61. The summed E-state index contributed by atoms with van der Waals surface area (Å²) in [5.74, 6) is 0.828. The molecule has 6 nitrogen and oxygen atoms in total. The quantitative estimate of drug-likeness (QED) is 0.932. The molecular weight excluding hydrogens is 318 g/mol. The number of rotatable bonds is 3. The number of hydrogen-bond acceptors (Lipinski definition) is 4. The molecule has 25 heavy (non-hydrogen) atoms. The first-order valence-electron chi connectivity index (χ1n) is 8.88. The van der Waals surface area contributed by atoms with Crippen LogP contribution in [0.4, 0.5) is 0 Å². The van der Waals surface area contributed by atoms with E-state index in [2.05, 4.69) is 10.2 Å². The lowest BCUT2D eigenvalue weighted by atomic mass is 9.89. The molecule has 2 heterocycles. The fraction of sp³-hybridized carbons (Fsp3) is 0.474. The molecule has 0 radical (unpaired) electrons. The van der Waals surface area contributed by atoms with E-state index in [1.807, 2.05) is 29.2 Å². The molecular formula is C19H23N3O3. The van der Waals surface area contributed by atoms with Gasteiger partial charge in [0, 0.05) is 12.1 Å². The molecule has 2 fully saturated rings. The zero-order valence-corrected chi connectivity index (χ0v) is 14.4. The van der Waals surface area contributed by atoms with E-state index in [-0.39, 0.29) is 18.1 Å². The lowest BCUT2D eigenvalue weighted by molar-refractivity contribution is -0.0752. The molecule has 1 aromatic heterocycles. The molecule has 1 aliphatic carbocycles. The van der Waals surface area contributed by atoms with Crippen molar-refractivity contribution >= 4 is 5.91 Å². The van der Waals surface area contributed by atoms with E-state index < -0.39 is 0 Å². The highest BCUT2D eigenvalue weighted by atomic mass is 16.5. The number of carbonyl (C=O) groups excluding carboxylic acids is 1. The molecule has 132 valence electrons. The van der Waals surface area contributed by atoms with E-state index in [9.17, 15) is 4.79 Å². The van der Waals surface area contributed by atoms with Crippen molar-refractivity contribution in [1.82, 2.24) is 15.1 Å². The standard InChI is InChI=1S/C19H23N3O3/c1-24-14-8-6-13(7-9-14)18-15(12-20-21-18)19(23)22-10-11-25-17-5-3-2-4-16(17)22/h6-9,12,16-17H,2-5,10-11H2,1H3,(H,20,21)/t16-,17-/m1/s1. The molecule has 4 rings (SSSR count). The number of H-pyrrole nitrogens is 1. The van der Waals surface area contributed by atoms with Gasteiger partial charge in [0.2, 0.25) is 0 Å². The predicted molar refractivity (Wildman–Crippen MR) is 93.6 cm³/mol. The Hall–Kier alpha value is -2.34. The van der Waals surface area contributed by atoms with Gasteiger partial charge in [0.1, 0.15) is 5.75 Å². The fourth-order valence-electron chi connectivity index (χ4n) is 3.93. The number of ether oxygens (including phenoxy) is 2. The van der Waals surface area contributed by atoms with Crippen molar-refractivity contribution in [3.05, 3.63) is 36.0 Å². The van der Waals surface area contributed by atoms with Crippen LogP contribution in [0.3, 0.4) is 0 Å². The monoisotopic (exact) mass is 341 g/mol. The molecule has 1 saturated carbocycles.